The van der Waals surface area contributed by atoms with Crippen LogP contribution in [0.2, 0.25) is 0 Å². The van der Waals surface area contributed by atoms with E-state index in [9.17, 15) is 4.79 Å². The summed E-state index contributed by atoms with van der Waals surface area (Å²) in [6.45, 7) is 7.47. The highest BCUT2D eigenvalue weighted by Gasteiger charge is 2.23. The summed E-state index contributed by atoms with van der Waals surface area (Å²) in [7, 11) is 0. The molecule has 1 fully saturated rings. The van der Waals surface area contributed by atoms with Crippen LogP contribution in [0.25, 0.3) is 10.9 Å². The van der Waals surface area contributed by atoms with Gasteiger partial charge in [0.2, 0.25) is 0 Å². The molecule has 5 rings (SSSR count). The molecular weight excluding hydrogens is 432 g/mol. The van der Waals surface area contributed by atoms with Gasteiger partial charge in [-0.2, -0.15) is 0 Å². The topological polar surface area (TPSA) is 59.4 Å². The minimum absolute atomic E-state index is 0.132. The van der Waals surface area contributed by atoms with Crippen molar-refractivity contribution in [3.8, 4) is 0 Å². The molecule has 0 bridgehead atoms. The van der Waals surface area contributed by atoms with Gasteiger partial charge in [0.25, 0.3) is 5.91 Å². The largest absolute Gasteiger partial charge is 0.373 e. The van der Waals surface area contributed by atoms with Crippen molar-refractivity contribution in [2.24, 2.45) is 0 Å². The van der Waals surface area contributed by atoms with Gasteiger partial charge in [-0.1, -0.05) is 48.5 Å². The maximum Gasteiger partial charge on any atom is 0.259 e. The van der Waals surface area contributed by atoms with E-state index >= 15 is 0 Å². The lowest BCUT2D eigenvalue weighted by Gasteiger charge is -2.34. The monoisotopic (exact) mass is 460 g/mol. The van der Waals surface area contributed by atoms with Crippen molar-refractivity contribution in [2.45, 2.75) is 39.1 Å². The molecule has 2 unspecified atom stereocenters. The van der Waals surface area contributed by atoms with E-state index < -0.39 is 0 Å². The van der Waals surface area contributed by atoms with Crippen LogP contribution < -0.4 is 5.32 Å². The van der Waals surface area contributed by atoms with E-state index in [4.69, 9.17) is 4.74 Å². The zero-order valence-electron chi connectivity index (χ0n) is 18.9. The number of thiazole rings is 1. The number of carbonyl (C=O) groups excluding carboxylic acids is 1. The van der Waals surface area contributed by atoms with Crippen LogP contribution in [0.15, 0.2) is 66.2 Å². The number of para-hydroxylation sites is 1. The first-order valence-electron chi connectivity index (χ1n) is 11.3. The molecule has 2 aromatic heterocycles. The van der Waals surface area contributed by atoms with Crippen LogP contribution in [0.4, 0.5) is 5.13 Å². The average molecular weight is 461 g/mol. The maximum absolute atomic E-state index is 13.2. The Bertz CT molecular complexity index is 1240. The predicted octanol–water partition coefficient (Wildman–Crippen LogP) is 5.01. The smallest absolute Gasteiger partial charge is 0.259 e. The van der Waals surface area contributed by atoms with Crippen LogP contribution in [0.5, 0.6) is 0 Å². The van der Waals surface area contributed by atoms with Gasteiger partial charge in [0.05, 0.1) is 23.5 Å². The van der Waals surface area contributed by atoms with Gasteiger partial charge in [0, 0.05) is 48.7 Å². The number of aromatic nitrogens is 2. The highest BCUT2D eigenvalue weighted by Crippen LogP contribution is 2.25. The molecule has 0 spiro atoms. The number of nitrogens with zero attached hydrogens (tertiary/aromatic N) is 3. The number of ether oxygens (including phenoxy) is 1. The molecule has 2 aromatic carbocycles. The Hall–Kier alpha value is -3.00. The highest BCUT2D eigenvalue weighted by molar-refractivity contribution is 7.14. The number of rotatable bonds is 6. The summed E-state index contributed by atoms with van der Waals surface area (Å²) in [5.41, 5.74) is 3.88. The van der Waals surface area contributed by atoms with Crippen molar-refractivity contribution in [1.29, 1.82) is 0 Å². The van der Waals surface area contributed by atoms with Gasteiger partial charge >= 0.3 is 0 Å². The van der Waals surface area contributed by atoms with Gasteiger partial charge < -0.3 is 9.30 Å². The Morgan fingerprint density at radius 1 is 1.06 bits per heavy atom. The Kier molecular flexibility index (Phi) is 6.26. The van der Waals surface area contributed by atoms with Crippen molar-refractivity contribution < 1.29 is 9.53 Å². The number of anilines is 1. The van der Waals surface area contributed by atoms with Crippen molar-refractivity contribution in [2.75, 3.05) is 18.4 Å². The molecule has 0 saturated carbocycles. The molecular formula is C26H28N4O2S. The SMILES string of the molecule is CC1CN(Cc2csc(NC(=O)c3cn(Cc4ccccc4)c4ccccc34)n2)CC(C)O1. The summed E-state index contributed by atoms with van der Waals surface area (Å²) in [6.07, 6.45) is 2.39. The van der Waals surface area contributed by atoms with E-state index in [1.165, 1.54) is 16.9 Å². The first-order chi connectivity index (χ1) is 16.0. The van der Waals surface area contributed by atoms with Crippen molar-refractivity contribution in [3.63, 3.8) is 0 Å². The Morgan fingerprint density at radius 2 is 1.79 bits per heavy atom. The van der Waals surface area contributed by atoms with Crippen LogP contribution in [-0.2, 0) is 17.8 Å². The first kappa shape index (κ1) is 21.8. The minimum atomic E-state index is -0.132. The second-order valence-electron chi connectivity index (χ2n) is 8.72. The van der Waals surface area contributed by atoms with Gasteiger partial charge in [-0.05, 0) is 25.5 Å². The van der Waals surface area contributed by atoms with Gasteiger partial charge in [-0.3, -0.25) is 15.0 Å². The van der Waals surface area contributed by atoms with Crippen LogP contribution in [-0.4, -0.2) is 45.7 Å². The quantitative estimate of drug-likeness (QED) is 0.440. The molecule has 1 aliphatic heterocycles. The van der Waals surface area contributed by atoms with Gasteiger partial charge in [0.1, 0.15) is 0 Å². The third-order valence-electron chi connectivity index (χ3n) is 5.88. The van der Waals surface area contributed by atoms with Crippen molar-refractivity contribution in [3.05, 3.63) is 83.0 Å². The number of amides is 1. The lowest BCUT2D eigenvalue weighted by Crippen LogP contribution is -2.44. The molecule has 4 aromatic rings. The van der Waals surface area contributed by atoms with Crippen LogP contribution in [0, 0.1) is 0 Å². The number of hydrogen-bond donors (Lipinski definition) is 1. The number of nitrogens with one attached hydrogen (secondary N) is 1. The molecule has 33 heavy (non-hydrogen) atoms. The second-order valence-corrected chi connectivity index (χ2v) is 9.58. The second kappa shape index (κ2) is 9.47. The molecule has 3 heterocycles. The summed E-state index contributed by atoms with van der Waals surface area (Å²) >= 11 is 1.47. The zero-order valence-corrected chi connectivity index (χ0v) is 19.7. The molecule has 7 heteroatoms. The van der Waals surface area contributed by atoms with Crippen LogP contribution in [0.3, 0.4) is 0 Å². The first-order valence-corrected chi connectivity index (χ1v) is 12.2. The van der Waals surface area contributed by atoms with E-state index in [1.54, 1.807) is 0 Å². The van der Waals surface area contributed by atoms with Gasteiger partial charge in [-0.25, -0.2) is 4.98 Å². The van der Waals surface area contributed by atoms with E-state index in [2.05, 4.69) is 51.8 Å². The van der Waals surface area contributed by atoms with E-state index in [0.717, 1.165) is 36.2 Å². The maximum atomic E-state index is 13.2. The molecule has 1 amide bonds. The third-order valence-corrected chi connectivity index (χ3v) is 6.69. The van der Waals surface area contributed by atoms with Crippen molar-refractivity contribution >= 4 is 33.3 Å². The summed E-state index contributed by atoms with van der Waals surface area (Å²) < 4.78 is 7.95. The Balaban J connectivity index is 1.32. The van der Waals surface area contributed by atoms with E-state index in [0.29, 0.717) is 17.2 Å². The summed E-state index contributed by atoms with van der Waals surface area (Å²) in [5.74, 6) is -0.132. The molecule has 170 valence electrons. The number of carbonyl (C=O) groups is 1. The van der Waals surface area contributed by atoms with Crippen molar-refractivity contribution in [1.82, 2.24) is 14.5 Å². The average Bonchev–Trinajstić information content (AvgIpc) is 3.38. The minimum Gasteiger partial charge on any atom is -0.373 e. The highest BCUT2D eigenvalue weighted by atomic mass is 32.1. The predicted molar refractivity (Wildman–Crippen MR) is 133 cm³/mol. The lowest BCUT2D eigenvalue weighted by molar-refractivity contribution is -0.0707. The fourth-order valence-corrected chi connectivity index (χ4v) is 5.28. The van der Waals surface area contributed by atoms with E-state index in [-0.39, 0.29) is 18.1 Å². The van der Waals surface area contributed by atoms with Crippen LogP contribution >= 0.6 is 11.3 Å². The van der Waals surface area contributed by atoms with Gasteiger partial charge in [-0.15, -0.1) is 11.3 Å². The normalized spacial score (nSPS) is 19.1. The Morgan fingerprint density at radius 3 is 2.58 bits per heavy atom. The Labute approximate surface area is 197 Å². The fraction of sp³-hybridized carbons (Fsp3) is 0.308. The summed E-state index contributed by atoms with van der Waals surface area (Å²) in [5, 5.41) is 6.61. The molecule has 6 nitrogen and oxygen atoms in total. The number of morpholine rings is 1. The molecule has 0 radical (unpaired) electrons. The molecule has 1 N–H and O–H groups in total. The molecule has 0 aliphatic carbocycles. The summed E-state index contributed by atoms with van der Waals surface area (Å²) in [4.78, 5) is 20.2. The molecule has 1 aliphatic rings. The molecule has 2 atom stereocenters. The third kappa shape index (κ3) is 5.00. The van der Waals surface area contributed by atoms with Gasteiger partial charge in [0.15, 0.2) is 5.13 Å². The van der Waals surface area contributed by atoms with E-state index in [1.807, 2.05) is 48.0 Å². The lowest BCUT2D eigenvalue weighted by atomic mass is 10.1. The zero-order chi connectivity index (χ0) is 22.8. The number of fused-ring (bicyclic) bond motifs is 1. The van der Waals surface area contributed by atoms with Crippen LogP contribution in [0.1, 0.15) is 35.5 Å². The number of benzene rings is 2. The molecule has 1 saturated heterocycles. The number of hydrogen-bond acceptors (Lipinski definition) is 5. The fourth-order valence-electron chi connectivity index (χ4n) is 4.58. The summed E-state index contributed by atoms with van der Waals surface area (Å²) in [6, 6.07) is 18.3. The standard InChI is InChI=1S/C26H28N4O2S/c1-18-12-29(13-19(2)32-18)15-21-17-33-26(27-21)28-25(31)23-16-30(14-20-8-4-3-5-9-20)24-11-7-6-10-22(23)24/h3-11,16-19H,12-15H2,1-2H3,(H,27,28,31).